The summed E-state index contributed by atoms with van der Waals surface area (Å²) in [5.74, 6) is -0.711. The first-order chi connectivity index (χ1) is 20.9. The van der Waals surface area contributed by atoms with Crippen LogP contribution in [-0.2, 0) is 4.79 Å². The molecule has 0 fully saturated rings. The number of carbonyl (C=O) groups excluding carboxylic acids is 2. The predicted molar refractivity (Wildman–Crippen MR) is 166 cm³/mol. The van der Waals surface area contributed by atoms with Crippen molar-refractivity contribution in [3.63, 3.8) is 0 Å². The summed E-state index contributed by atoms with van der Waals surface area (Å²) >= 11 is 1.23. The van der Waals surface area contributed by atoms with Crippen molar-refractivity contribution < 1.29 is 14.5 Å². The molecule has 2 N–H and O–H groups in total. The van der Waals surface area contributed by atoms with Crippen LogP contribution >= 0.6 is 11.8 Å². The highest BCUT2D eigenvalue weighted by atomic mass is 32.2. The molecule has 0 unspecified atom stereocenters. The molecule has 4 aromatic carbocycles. The zero-order valence-corrected chi connectivity index (χ0v) is 23.6. The van der Waals surface area contributed by atoms with Gasteiger partial charge in [-0.1, -0.05) is 60.7 Å². The van der Waals surface area contributed by atoms with E-state index in [0.29, 0.717) is 26.9 Å². The molecule has 43 heavy (non-hydrogen) atoms. The van der Waals surface area contributed by atoms with Gasteiger partial charge in [-0.3, -0.25) is 19.7 Å². The van der Waals surface area contributed by atoms with Gasteiger partial charge in [0.15, 0.2) is 5.16 Å². The Hall–Kier alpha value is -5.68. The molecule has 0 aliphatic rings. The fourth-order valence-corrected chi connectivity index (χ4v) is 4.91. The van der Waals surface area contributed by atoms with Gasteiger partial charge in [0.1, 0.15) is 0 Å². The van der Waals surface area contributed by atoms with Gasteiger partial charge in [0, 0.05) is 51.9 Å². The highest BCUT2D eigenvalue weighted by molar-refractivity contribution is 7.99. The molecule has 1 aromatic heterocycles. The SMILES string of the molecule is CC(=O)Nc1ccc(C(=O)N/N=C/c2cc([N+](=O)[O-])ccc2Sc2nc(-c3ccccc3)cc(-c3ccccc3)n2)cc1. The molecule has 10 nitrogen and oxygen atoms in total. The summed E-state index contributed by atoms with van der Waals surface area (Å²) in [6, 6.07) is 32.0. The molecular weight excluding hydrogens is 564 g/mol. The van der Waals surface area contributed by atoms with E-state index in [1.165, 1.54) is 37.0 Å². The van der Waals surface area contributed by atoms with Crippen molar-refractivity contribution in [3.8, 4) is 22.5 Å². The van der Waals surface area contributed by atoms with Gasteiger partial charge in [-0.05, 0) is 48.2 Å². The smallest absolute Gasteiger partial charge is 0.271 e. The normalized spacial score (nSPS) is 10.8. The fourth-order valence-electron chi connectivity index (χ4n) is 4.06. The molecule has 0 radical (unpaired) electrons. The van der Waals surface area contributed by atoms with Crippen molar-refractivity contribution in [2.75, 3.05) is 5.32 Å². The number of anilines is 1. The van der Waals surface area contributed by atoms with Crippen molar-refractivity contribution in [2.45, 2.75) is 17.0 Å². The Morgan fingerprint density at radius 3 is 2.00 bits per heavy atom. The van der Waals surface area contributed by atoms with Crippen LogP contribution in [0.4, 0.5) is 11.4 Å². The number of hydrazone groups is 1. The molecule has 5 rings (SSSR count). The van der Waals surface area contributed by atoms with Gasteiger partial charge in [0.2, 0.25) is 5.91 Å². The lowest BCUT2D eigenvalue weighted by atomic mass is 10.1. The van der Waals surface area contributed by atoms with Crippen molar-refractivity contribution in [2.24, 2.45) is 5.10 Å². The number of nitrogens with one attached hydrogen (secondary N) is 2. The second-order valence-corrected chi connectivity index (χ2v) is 10.2. The summed E-state index contributed by atoms with van der Waals surface area (Å²) in [7, 11) is 0. The summed E-state index contributed by atoms with van der Waals surface area (Å²) in [4.78, 5) is 45.0. The van der Waals surface area contributed by atoms with Gasteiger partial charge in [-0.25, -0.2) is 15.4 Å². The molecular formula is C32H24N6O4S. The number of carbonyl (C=O) groups is 2. The van der Waals surface area contributed by atoms with Gasteiger partial charge in [0.05, 0.1) is 22.5 Å². The Kier molecular flexibility index (Phi) is 8.93. The second-order valence-electron chi connectivity index (χ2n) is 9.19. The molecule has 5 aromatic rings. The average molecular weight is 589 g/mol. The molecule has 11 heteroatoms. The van der Waals surface area contributed by atoms with E-state index >= 15 is 0 Å². The van der Waals surface area contributed by atoms with Crippen LogP contribution in [0.1, 0.15) is 22.8 Å². The van der Waals surface area contributed by atoms with E-state index in [9.17, 15) is 19.7 Å². The number of benzene rings is 4. The first-order valence-electron chi connectivity index (χ1n) is 13.0. The Bertz CT molecular complexity index is 1760. The third kappa shape index (κ3) is 7.54. The summed E-state index contributed by atoms with van der Waals surface area (Å²) in [5.41, 5.74) is 6.88. The van der Waals surface area contributed by atoms with Crippen LogP contribution in [0, 0.1) is 10.1 Å². The van der Waals surface area contributed by atoms with Gasteiger partial charge in [-0.2, -0.15) is 5.10 Å². The van der Waals surface area contributed by atoms with E-state index in [0.717, 1.165) is 22.5 Å². The van der Waals surface area contributed by atoms with E-state index in [1.807, 2.05) is 66.7 Å². The molecule has 0 bridgehead atoms. The third-order valence-corrected chi connectivity index (χ3v) is 7.04. The van der Waals surface area contributed by atoms with Crippen LogP contribution in [0.3, 0.4) is 0 Å². The van der Waals surface area contributed by atoms with E-state index in [2.05, 4.69) is 15.8 Å². The van der Waals surface area contributed by atoms with Gasteiger partial charge < -0.3 is 5.32 Å². The number of nitrogens with zero attached hydrogens (tertiary/aromatic N) is 4. The van der Waals surface area contributed by atoms with Crippen molar-refractivity contribution in [1.82, 2.24) is 15.4 Å². The largest absolute Gasteiger partial charge is 0.326 e. The Morgan fingerprint density at radius 1 is 0.837 bits per heavy atom. The van der Waals surface area contributed by atoms with Crippen LogP contribution in [0.2, 0.25) is 0 Å². The minimum atomic E-state index is -0.499. The van der Waals surface area contributed by atoms with Crippen LogP contribution < -0.4 is 10.7 Å². The maximum absolute atomic E-state index is 12.6. The molecule has 0 saturated heterocycles. The minimum absolute atomic E-state index is 0.130. The average Bonchev–Trinajstić information content (AvgIpc) is 3.02. The summed E-state index contributed by atoms with van der Waals surface area (Å²) in [6.45, 7) is 1.39. The van der Waals surface area contributed by atoms with Crippen molar-refractivity contribution in [3.05, 3.63) is 130 Å². The molecule has 0 aliphatic heterocycles. The zero-order chi connectivity index (χ0) is 30.2. The number of amides is 2. The van der Waals surface area contributed by atoms with E-state index in [4.69, 9.17) is 9.97 Å². The Balaban J connectivity index is 1.44. The lowest BCUT2D eigenvalue weighted by Gasteiger charge is -2.10. The Morgan fingerprint density at radius 2 is 1.44 bits per heavy atom. The highest BCUT2D eigenvalue weighted by Gasteiger charge is 2.15. The van der Waals surface area contributed by atoms with Crippen molar-refractivity contribution in [1.29, 1.82) is 0 Å². The molecule has 0 spiro atoms. The van der Waals surface area contributed by atoms with Crippen LogP contribution in [0.5, 0.6) is 0 Å². The maximum Gasteiger partial charge on any atom is 0.271 e. The van der Waals surface area contributed by atoms with Gasteiger partial charge in [0.25, 0.3) is 11.6 Å². The second kappa shape index (κ2) is 13.3. The Labute approximate surface area is 251 Å². The summed E-state index contributed by atoms with van der Waals surface area (Å²) in [5, 5.41) is 18.6. The van der Waals surface area contributed by atoms with E-state index < -0.39 is 10.8 Å². The minimum Gasteiger partial charge on any atom is -0.326 e. The molecule has 0 saturated carbocycles. The number of hydrogen-bond acceptors (Lipinski definition) is 8. The summed E-state index contributed by atoms with van der Waals surface area (Å²) < 4.78 is 0. The summed E-state index contributed by atoms with van der Waals surface area (Å²) in [6.07, 6.45) is 1.35. The standard InChI is InChI=1S/C32H24N6O4S/c1-21(39)34-26-14-12-24(13-15-26)31(40)37-33-20-25-18-27(38(41)42)16-17-30(25)43-32-35-28(22-8-4-2-5-9-22)19-29(36-32)23-10-6-3-7-11-23/h2-20H,1H3,(H,34,39)(H,37,40)/b33-20+. The van der Waals surface area contributed by atoms with E-state index in [1.54, 1.807) is 30.3 Å². The molecule has 1 heterocycles. The fraction of sp³-hybridized carbons (Fsp3) is 0.0312. The zero-order valence-electron chi connectivity index (χ0n) is 22.8. The lowest BCUT2D eigenvalue weighted by molar-refractivity contribution is -0.384. The molecule has 212 valence electrons. The lowest BCUT2D eigenvalue weighted by Crippen LogP contribution is -2.17. The number of nitro groups is 1. The monoisotopic (exact) mass is 588 g/mol. The topological polar surface area (TPSA) is 139 Å². The first kappa shape index (κ1) is 28.8. The molecule has 0 atom stereocenters. The maximum atomic E-state index is 12.6. The quantitative estimate of drug-likeness (QED) is 0.0856. The number of nitro benzene ring substituents is 1. The number of aromatic nitrogens is 2. The van der Waals surface area contributed by atoms with Gasteiger partial charge >= 0.3 is 0 Å². The predicted octanol–water partition coefficient (Wildman–Crippen LogP) is 6.59. The van der Waals surface area contributed by atoms with E-state index in [-0.39, 0.29) is 11.6 Å². The molecule has 0 aliphatic carbocycles. The van der Waals surface area contributed by atoms with Crippen LogP contribution in [0.15, 0.2) is 124 Å². The highest BCUT2D eigenvalue weighted by Crippen LogP contribution is 2.33. The first-order valence-corrected chi connectivity index (χ1v) is 13.8. The van der Waals surface area contributed by atoms with Crippen LogP contribution in [-0.4, -0.2) is 32.9 Å². The third-order valence-electron chi connectivity index (χ3n) is 6.09. The van der Waals surface area contributed by atoms with Crippen LogP contribution in [0.25, 0.3) is 22.5 Å². The molecule has 2 amide bonds. The number of rotatable bonds is 9. The number of hydrogen-bond donors (Lipinski definition) is 2. The number of non-ortho nitro benzene ring substituents is 1. The van der Waals surface area contributed by atoms with Crippen molar-refractivity contribution >= 4 is 41.2 Å². The van der Waals surface area contributed by atoms with Gasteiger partial charge in [-0.15, -0.1) is 0 Å².